The molecule has 0 spiro atoms. The molecule has 1 aliphatic rings. The molecule has 1 fully saturated rings. The minimum atomic E-state index is -0.526. The zero-order valence-electron chi connectivity index (χ0n) is 17.6. The van der Waals surface area contributed by atoms with E-state index in [1.54, 1.807) is 6.08 Å². The van der Waals surface area contributed by atoms with Gasteiger partial charge in [0.2, 0.25) is 0 Å². The predicted molar refractivity (Wildman–Crippen MR) is 113 cm³/mol. The average molecular weight is 396 g/mol. The van der Waals surface area contributed by atoms with Crippen LogP contribution in [0.1, 0.15) is 50.1 Å². The van der Waals surface area contributed by atoms with E-state index in [1.165, 1.54) is 6.08 Å². The van der Waals surface area contributed by atoms with Crippen molar-refractivity contribution in [1.29, 1.82) is 0 Å². The summed E-state index contributed by atoms with van der Waals surface area (Å²) in [4.78, 5) is 26.5. The van der Waals surface area contributed by atoms with E-state index in [0.29, 0.717) is 0 Å². The third kappa shape index (κ3) is 4.75. The minimum absolute atomic E-state index is 0.129. The molecular formula is C23H29N3O3. The van der Waals surface area contributed by atoms with E-state index in [0.717, 1.165) is 41.9 Å². The maximum Gasteiger partial charge on any atom is 0.331 e. The van der Waals surface area contributed by atoms with Crippen LogP contribution in [0.3, 0.4) is 0 Å². The van der Waals surface area contributed by atoms with Crippen LogP contribution < -0.4 is 0 Å². The monoisotopic (exact) mass is 395 g/mol. The normalized spacial score (nSPS) is 19.5. The minimum Gasteiger partial charge on any atom is -0.452 e. The van der Waals surface area contributed by atoms with E-state index in [-0.39, 0.29) is 24.6 Å². The van der Waals surface area contributed by atoms with Gasteiger partial charge in [-0.2, -0.15) is 5.10 Å². The molecule has 6 heteroatoms. The Bertz CT molecular complexity index is 892. The van der Waals surface area contributed by atoms with Crippen molar-refractivity contribution < 1.29 is 14.3 Å². The Labute approximate surface area is 172 Å². The third-order valence-corrected chi connectivity index (χ3v) is 5.55. The molecule has 0 aliphatic carbocycles. The Balaban J connectivity index is 1.62. The molecule has 1 aromatic heterocycles. The smallest absolute Gasteiger partial charge is 0.331 e. The fourth-order valence-corrected chi connectivity index (χ4v) is 4.04. The molecule has 1 amide bonds. The molecule has 3 rings (SSSR count). The van der Waals surface area contributed by atoms with E-state index >= 15 is 0 Å². The van der Waals surface area contributed by atoms with Crippen LogP contribution in [0.15, 0.2) is 36.4 Å². The van der Waals surface area contributed by atoms with Gasteiger partial charge in [-0.15, -0.1) is 0 Å². The molecule has 2 aromatic rings. The van der Waals surface area contributed by atoms with Gasteiger partial charge in [0.15, 0.2) is 6.61 Å². The number of aryl methyl sites for hydroxylation is 1. The average Bonchev–Trinajstić information content (AvgIpc) is 2.99. The number of rotatable bonds is 5. The summed E-state index contributed by atoms with van der Waals surface area (Å²) in [5.74, 6) is -0.655. The maximum atomic E-state index is 12.5. The van der Waals surface area contributed by atoms with Crippen LogP contribution in [-0.4, -0.2) is 45.2 Å². The number of carbonyl (C=O) groups is 2. The van der Waals surface area contributed by atoms with Crippen molar-refractivity contribution in [2.45, 2.75) is 59.0 Å². The molecular weight excluding hydrogens is 366 g/mol. The number of hydrogen-bond donors (Lipinski definition) is 0. The summed E-state index contributed by atoms with van der Waals surface area (Å²) in [6, 6.07) is 10.2. The van der Waals surface area contributed by atoms with Crippen molar-refractivity contribution in [3.05, 3.63) is 53.4 Å². The summed E-state index contributed by atoms with van der Waals surface area (Å²) >= 11 is 0. The molecule has 0 bridgehead atoms. The summed E-state index contributed by atoms with van der Waals surface area (Å²) in [7, 11) is 0. The van der Waals surface area contributed by atoms with E-state index in [4.69, 9.17) is 4.74 Å². The van der Waals surface area contributed by atoms with E-state index < -0.39 is 5.97 Å². The third-order valence-electron chi connectivity index (χ3n) is 5.55. The number of piperidine rings is 1. The zero-order chi connectivity index (χ0) is 21.0. The quantitative estimate of drug-likeness (QED) is 0.570. The molecule has 1 aromatic carbocycles. The van der Waals surface area contributed by atoms with Crippen molar-refractivity contribution in [2.75, 3.05) is 6.61 Å². The summed E-state index contributed by atoms with van der Waals surface area (Å²) < 4.78 is 7.05. The van der Waals surface area contributed by atoms with Crippen LogP contribution in [0.2, 0.25) is 0 Å². The molecule has 1 aliphatic heterocycles. The van der Waals surface area contributed by atoms with Crippen LogP contribution in [0, 0.1) is 13.8 Å². The first kappa shape index (κ1) is 20.8. The van der Waals surface area contributed by atoms with E-state index in [9.17, 15) is 9.59 Å². The highest BCUT2D eigenvalue weighted by Gasteiger charge is 2.29. The van der Waals surface area contributed by atoms with Crippen LogP contribution in [0.4, 0.5) is 0 Å². The Hall–Kier alpha value is -2.89. The summed E-state index contributed by atoms with van der Waals surface area (Å²) in [6.45, 7) is 7.73. The Morgan fingerprint density at radius 3 is 2.45 bits per heavy atom. The summed E-state index contributed by atoms with van der Waals surface area (Å²) in [6.07, 6.45) is 6.19. The van der Waals surface area contributed by atoms with Gasteiger partial charge in [0.1, 0.15) is 0 Å². The van der Waals surface area contributed by atoms with Crippen molar-refractivity contribution in [3.63, 3.8) is 0 Å². The van der Waals surface area contributed by atoms with Crippen LogP contribution in [0.5, 0.6) is 0 Å². The molecule has 1 saturated heterocycles. The second-order valence-corrected chi connectivity index (χ2v) is 7.70. The number of amides is 1. The van der Waals surface area contributed by atoms with Gasteiger partial charge in [-0.3, -0.25) is 4.79 Å². The topological polar surface area (TPSA) is 64.4 Å². The lowest BCUT2D eigenvalue weighted by molar-refractivity contribution is -0.151. The Morgan fingerprint density at radius 1 is 1.14 bits per heavy atom. The van der Waals surface area contributed by atoms with E-state index in [2.05, 4.69) is 5.10 Å². The highest BCUT2D eigenvalue weighted by Crippen LogP contribution is 2.22. The van der Waals surface area contributed by atoms with Gasteiger partial charge in [-0.05, 0) is 65.2 Å². The number of para-hydroxylation sites is 1. The Kier molecular flexibility index (Phi) is 6.52. The number of carbonyl (C=O) groups excluding carboxylic acids is 2. The second-order valence-electron chi connectivity index (χ2n) is 7.70. The fourth-order valence-electron chi connectivity index (χ4n) is 4.04. The lowest BCUT2D eigenvalue weighted by atomic mass is 9.97. The maximum absolute atomic E-state index is 12.5. The van der Waals surface area contributed by atoms with Gasteiger partial charge in [-0.1, -0.05) is 18.2 Å². The first-order valence-corrected chi connectivity index (χ1v) is 10.2. The lowest BCUT2D eigenvalue weighted by Crippen LogP contribution is -2.49. The number of nitrogens with zero attached hydrogens (tertiary/aromatic N) is 3. The molecule has 29 heavy (non-hydrogen) atoms. The standard InChI is InChI=1S/C23H29N3O3/c1-16-9-8-10-17(2)25(16)22(27)15-29-23(28)14-13-21-18(3)24-26(19(21)4)20-11-6-5-7-12-20/h5-7,11-14,16-17H,8-10,15H2,1-4H3/b14-13+/t16-,17-/m0/s1. The summed E-state index contributed by atoms with van der Waals surface area (Å²) in [5.41, 5.74) is 3.59. The number of likely N-dealkylation sites (tertiary alicyclic amines) is 1. The lowest BCUT2D eigenvalue weighted by Gasteiger charge is -2.38. The van der Waals surface area contributed by atoms with Gasteiger partial charge in [0.05, 0.1) is 11.4 Å². The molecule has 0 N–H and O–H groups in total. The number of esters is 1. The van der Waals surface area contributed by atoms with E-state index in [1.807, 2.05) is 67.6 Å². The van der Waals surface area contributed by atoms with Gasteiger partial charge in [-0.25, -0.2) is 9.48 Å². The zero-order valence-corrected chi connectivity index (χ0v) is 17.6. The Morgan fingerprint density at radius 2 is 1.79 bits per heavy atom. The van der Waals surface area contributed by atoms with Gasteiger partial charge in [0.25, 0.3) is 5.91 Å². The molecule has 2 heterocycles. The van der Waals surface area contributed by atoms with Crippen LogP contribution in [-0.2, 0) is 14.3 Å². The highest BCUT2D eigenvalue weighted by molar-refractivity contribution is 5.89. The number of hydrogen-bond acceptors (Lipinski definition) is 4. The van der Waals surface area contributed by atoms with Crippen molar-refractivity contribution in [1.82, 2.24) is 14.7 Å². The van der Waals surface area contributed by atoms with Gasteiger partial charge >= 0.3 is 5.97 Å². The first-order chi connectivity index (χ1) is 13.9. The number of benzene rings is 1. The van der Waals surface area contributed by atoms with Crippen LogP contribution in [0.25, 0.3) is 11.8 Å². The van der Waals surface area contributed by atoms with Crippen molar-refractivity contribution in [2.24, 2.45) is 0 Å². The first-order valence-electron chi connectivity index (χ1n) is 10.2. The van der Waals surface area contributed by atoms with Gasteiger partial charge < -0.3 is 9.64 Å². The molecule has 0 saturated carbocycles. The van der Waals surface area contributed by atoms with Crippen molar-refractivity contribution in [3.8, 4) is 5.69 Å². The fraction of sp³-hybridized carbons (Fsp3) is 0.435. The molecule has 6 nitrogen and oxygen atoms in total. The number of aromatic nitrogens is 2. The van der Waals surface area contributed by atoms with Crippen molar-refractivity contribution >= 4 is 18.0 Å². The summed E-state index contributed by atoms with van der Waals surface area (Å²) in [5, 5.41) is 4.56. The second kappa shape index (κ2) is 9.07. The predicted octanol–water partition coefficient (Wildman–Crippen LogP) is 3.84. The largest absolute Gasteiger partial charge is 0.452 e. The number of ether oxygens (including phenoxy) is 1. The van der Waals surface area contributed by atoms with Crippen LogP contribution >= 0.6 is 0 Å². The highest BCUT2D eigenvalue weighted by atomic mass is 16.5. The molecule has 0 unspecified atom stereocenters. The molecule has 154 valence electrons. The SMILES string of the molecule is Cc1nn(-c2ccccc2)c(C)c1/C=C/C(=O)OCC(=O)N1[C@@H](C)CCC[C@@H]1C. The molecule has 0 radical (unpaired) electrons. The van der Waals surface area contributed by atoms with Gasteiger partial charge in [0, 0.05) is 29.4 Å². The molecule has 2 atom stereocenters.